The van der Waals surface area contributed by atoms with E-state index in [4.69, 9.17) is 0 Å². The Morgan fingerprint density at radius 1 is 1.04 bits per heavy atom. The maximum absolute atomic E-state index is 12.4. The zero-order valence-electron chi connectivity index (χ0n) is 15.3. The first-order chi connectivity index (χ1) is 13.2. The standard InChI is InChI=1S/C23H22N2OS/c1-16(18-11-6-9-17-8-2-3-10-19(17)18)24-22(26)14-7-15-23-25-20-12-4-5-13-21(20)27-23/h2-6,8-13,16H,7,14-15H2,1H3,(H,24,26). The summed E-state index contributed by atoms with van der Waals surface area (Å²) >= 11 is 1.72. The third-order valence-corrected chi connectivity index (χ3v) is 5.90. The fourth-order valence-electron chi connectivity index (χ4n) is 3.45. The number of thiazole rings is 1. The number of aryl methyl sites for hydroxylation is 1. The van der Waals surface area contributed by atoms with Crippen LogP contribution in [0.5, 0.6) is 0 Å². The molecule has 4 rings (SSSR count). The number of benzene rings is 3. The average molecular weight is 375 g/mol. The van der Waals surface area contributed by atoms with Crippen LogP contribution in [0.25, 0.3) is 21.0 Å². The molecule has 0 aliphatic carbocycles. The van der Waals surface area contributed by atoms with Gasteiger partial charge in [0, 0.05) is 6.42 Å². The number of hydrogen-bond acceptors (Lipinski definition) is 3. The summed E-state index contributed by atoms with van der Waals surface area (Å²) in [5.41, 5.74) is 2.21. The molecule has 0 spiro atoms. The Morgan fingerprint density at radius 3 is 2.70 bits per heavy atom. The molecular weight excluding hydrogens is 352 g/mol. The molecule has 1 N–H and O–H groups in total. The molecule has 0 fully saturated rings. The van der Waals surface area contributed by atoms with E-state index in [9.17, 15) is 4.79 Å². The molecule has 0 aliphatic rings. The van der Waals surface area contributed by atoms with Gasteiger partial charge in [0.2, 0.25) is 5.91 Å². The number of amides is 1. The maximum Gasteiger partial charge on any atom is 0.220 e. The number of rotatable bonds is 6. The Hall–Kier alpha value is -2.72. The highest BCUT2D eigenvalue weighted by atomic mass is 32.1. The van der Waals surface area contributed by atoms with E-state index in [0.717, 1.165) is 28.9 Å². The molecule has 1 heterocycles. The Kier molecular flexibility index (Phi) is 5.16. The molecule has 4 aromatic rings. The molecule has 0 bridgehead atoms. The quantitative estimate of drug-likeness (QED) is 0.474. The summed E-state index contributed by atoms with van der Waals surface area (Å²) in [6, 6.07) is 22.7. The fourth-order valence-corrected chi connectivity index (χ4v) is 4.46. The van der Waals surface area contributed by atoms with E-state index in [0.29, 0.717) is 6.42 Å². The van der Waals surface area contributed by atoms with Gasteiger partial charge in [0.25, 0.3) is 0 Å². The van der Waals surface area contributed by atoms with Gasteiger partial charge in [-0.25, -0.2) is 4.98 Å². The zero-order chi connectivity index (χ0) is 18.6. The molecule has 0 aliphatic heterocycles. The summed E-state index contributed by atoms with van der Waals surface area (Å²) in [6.07, 6.45) is 2.17. The second kappa shape index (κ2) is 7.89. The summed E-state index contributed by atoms with van der Waals surface area (Å²) in [5, 5.41) is 6.65. The fraction of sp³-hybridized carbons (Fsp3) is 0.217. The smallest absolute Gasteiger partial charge is 0.220 e. The van der Waals surface area contributed by atoms with Crippen molar-refractivity contribution >= 4 is 38.2 Å². The molecule has 4 heteroatoms. The second-order valence-electron chi connectivity index (χ2n) is 6.79. The van der Waals surface area contributed by atoms with Gasteiger partial charge in [0.15, 0.2) is 0 Å². The first-order valence-electron chi connectivity index (χ1n) is 9.32. The van der Waals surface area contributed by atoms with Crippen molar-refractivity contribution in [3.8, 4) is 0 Å². The number of para-hydroxylation sites is 1. The van der Waals surface area contributed by atoms with Crippen molar-refractivity contribution in [1.29, 1.82) is 0 Å². The molecule has 0 saturated carbocycles. The van der Waals surface area contributed by atoms with Crippen LogP contribution in [0.4, 0.5) is 0 Å². The normalized spacial score (nSPS) is 12.3. The highest BCUT2D eigenvalue weighted by Gasteiger charge is 2.12. The molecule has 1 amide bonds. The molecule has 3 nitrogen and oxygen atoms in total. The van der Waals surface area contributed by atoms with Gasteiger partial charge in [0.1, 0.15) is 0 Å². The maximum atomic E-state index is 12.4. The van der Waals surface area contributed by atoms with Crippen molar-refractivity contribution in [3.63, 3.8) is 0 Å². The van der Waals surface area contributed by atoms with Crippen LogP contribution >= 0.6 is 11.3 Å². The molecule has 1 aromatic heterocycles. The minimum absolute atomic E-state index is 0.00829. The SMILES string of the molecule is CC(NC(=O)CCCc1nc2ccccc2s1)c1cccc2ccccc12. The lowest BCUT2D eigenvalue weighted by Gasteiger charge is -2.16. The number of carbonyl (C=O) groups is 1. The number of carbonyl (C=O) groups excluding carboxylic acids is 1. The molecule has 27 heavy (non-hydrogen) atoms. The van der Waals surface area contributed by atoms with Gasteiger partial charge in [-0.1, -0.05) is 54.6 Å². The Morgan fingerprint density at radius 2 is 1.81 bits per heavy atom. The lowest BCUT2D eigenvalue weighted by atomic mass is 9.99. The predicted molar refractivity (Wildman–Crippen MR) is 113 cm³/mol. The van der Waals surface area contributed by atoms with E-state index < -0.39 is 0 Å². The number of hydrogen-bond donors (Lipinski definition) is 1. The van der Waals surface area contributed by atoms with Gasteiger partial charge in [0.05, 0.1) is 21.3 Å². The Labute approximate surface area is 163 Å². The summed E-state index contributed by atoms with van der Waals surface area (Å²) in [7, 11) is 0. The summed E-state index contributed by atoms with van der Waals surface area (Å²) in [5.74, 6) is 0.0940. The van der Waals surface area contributed by atoms with Crippen molar-refractivity contribution < 1.29 is 4.79 Å². The topological polar surface area (TPSA) is 42.0 Å². The van der Waals surface area contributed by atoms with E-state index in [-0.39, 0.29) is 11.9 Å². The first-order valence-corrected chi connectivity index (χ1v) is 10.1. The van der Waals surface area contributed by atoms with Crippen LogP contribution in [0, 0.1) is 0 Å². The van der Waals surface area contributed by atoms with Crippen molar-refractivity contribution in [3.05, 3.63) is 77.3 Å². The van der Waals surface area contributed by atoms with Gasteiger partial charge in [-0.15, -0.1) is 11.3 Å². The van der Waals surface area contributed by atoms with Crippen LogP contribution in [0.15, 0.2) is 66.7 Å². The highest BCUT2D eigenvalue weighted by molar-refractivity contribution is 7.18. The minimum Gasteiger partial charge on any atom is -0.350 e. The molecule has 0 radical (unpaired) electrons. The molecular formula is C23H22N2OS. The van der Waals surface area contributed by atoms with Crippen LogP contribution in [-0.4, -0.2) is 10.9 Å². The van der Waals surface area contributed by atoms with Crippen molar-refractivity contribution in [2.75, 3.05) is 0 Å². The van der Waals surface area contributed by atoms with Gasteiger partial charge < -0.3 is 5.32 Å². The molecule has 0 saturated heterocycles. The molecule has 1 unspecified atom stereocenters. The van der Waals surface area contributed by atoms with Crippen LogP contribution in [-0.2, 0) is 11.2 Å². The Bertz CT molecular complexity index is 1050. The highest BCUT2D eigenvalue weighted by Crippen LogP contribution is 2.25. The average Bonchev–Trinajstić information content (AvgIpc) is 3.10. The van der Waals surface area contributed by atoms with E-state index in [1.165, 1.54) is 15.5 Å². The zero-order valence-corrected chi connectivity index (χ0v) is 16.1. The van der Waals surface area contributed by atoms with Crippen molar-refractivity contribution in [2.24, 2.45) is 0 Å². The van der Waals surface area contributed by atoms with E-state index in [2.05, 4.69) is 40.6 Å². The van der Waals surface area contributed by atoms with Crippen LogP contribution in [0.2, 0.25) is 0 Å². The lowest BCUT2D eigenvalue weighted by molar-refractivity contribution is -0.121. The number of fused-ring (bicyclic) bond motifs is 2. The van der Waals surface area contributed by atoms with Gasteiger partial charge >= 0.3 is 0 Å². The third-order valence-electron chi connectivity index (χ3n) is 4.80. The summed E-state index contributed by atoms with van der Waals surface area (Å²) in [4.78, 5) is 17.0. The Balaban J connectivity index is 1.34. The number of nitrogens with zero attached hydrogens (tertiary/aromatic N) is 1. The van der Waals surface area contributed by atoms with Crippen molar-refractivity contribution in [2.45, 2.75) is 32.2 Å². The minimum atomic E-state index is -0.00829. The first kappa shape index (κ1) is 17.7. The molecule has 136 valence electrons. The molecule has 3 aromatic carbocycles. The summed E-state index contributed by atoms with van der Waals surface area (Å²) < 4.78 is 1.21. The number of nitrogens with one attached hydrogen (secondary N) is 1. The van der Waals surface area contributed by atoms with Crippen LogP contribution in [0.3, 0.4) is 0 Å². The van der Waals surface area contributed by atoms with Crippen LogP contribution < -0.4 is 5.32 Å². The van der Waals surface area contributed by atoms with Crippen LogP contribution in [0.1, 0.15) is 36.4 Å². The van der Waals surface area contributed by atoms with E-state index in [1.807, 2.05) is 43.3 Å². The van der Waals surface area contributed by atoms with Gasteiger partial charge in [-0.2, -0.15) is 0 Å². The van der Waals surface area contributed by atoms with E-state index >= 15 is 0 Å². The summed E-state index contributed by atoms with van der Waals surface area (Å²) in [6.45, 7) is 2.05. The second-order valence-corrected chi connectivity index (χ2v) is 7.90. The predicted octanol–water partition coefficient (Wildman–Crippen LogP) is 5.65. The number of aromatic nitrogens is 1. The van der Waals surface area contributed by atoms with E-state index in [1.54, 1.807) is 11.3 Å². The third kappa shape index (κ3) is 4.01. The van der Waals surface area contributed by atoms with Crippen molar-refractivity contribution in [1.82, 2.24) is 10.3 Å². The van der Waals surface area contributed by atoms with Gasteiger partial charge in [-0.3, -0.25) is 4.79 Å². The van der Waals surface area contributed by atoms with Gasteiger partial charge in [-0.05, 0) is 48.2 Å². The lowest BCUT2D eigenvalue weighted by Crippen LogP contribution is -2.26. The monoisotopic (exact) mass is 374 g/mol. The molecule has 1 atom stereocenters. The largest absolute Gasteiger partial charge is 0.350 e.